The van der Waals surface area contributed by atoms with Crippen molar-refractivity contribution >= 4 is 5.69 Å². The number of hydrogen-bond acceptors (Lipinski definition) is 3. The fourth-order valence-electron chi connectivity index (χ4n) is 2.33. The van der Waals surface area contributed by atoms with Crippen molar-refractivity contribution in [3.05, 3.63) is 59.9 Å². The lowest BCUT2D eigenvalue weighted by Crippen LogP contribution is -2.23. The van der Waals surface area contributed by atoms with Gasteiger partial charge in [0.25, 0.3) is 0 Å². The van der Waals surface area contributed by atoms with Crippen LogP contribution in [0.5, 0.6) is 0 Å². The molecule has 0 aliphatic rings. The molecular formula is C18H25N3. The Labute approximate surface area is 128 Å². The summed E-state index contributed by atoms with van der Waals surface area (Å²) in [7, 11) is 0. The molecule has 0 spiro atoms. The summed E-state index contributed by atoms with van der Waals surface area (Å²) in [5, 5.41) is 3.40. The van der Waals surface area contributed by atoms with E-state index in [2.05, 4.69) is 72.6 Å². The van der Waals surface area contributed by atoms with Crippen molar-refractivity contribution in [2.75, 3.05) is 18.0 Å². The van der Waals surface area contributed by atoms with Gasteiger partial charge in [0.1, 0.15) is 0 Å². The van der Waals surface area contributed by atoms with Gasteiger partial charge in [0.05, 0.1) is 17.9 Å². The molecule has 1 heterocycles. The third kappa shape index (κ3) is 4.87. The molecule has 2 rings (SSSR count). The number of benzene rings is 1. The van der Waals surface area contributed by atoms with Crippen LogP contribution < -0.4 is 10.2 Å². The second-order valence-corrected chi connectivity index (χ2v) is 5.15. The van der Waals surface area contributed by atoms with Crippen molar-refractivity contribution < 1.29 is 0 Å². The summed E-state index contributed by atoms with van der Waals surface area (Å²) in [4.78, 5) is 7.09. The fraction of sp³-hybridized carbons (Fsp3) is 0.389. The molecule has 1 aromatic heterocycles. The van der Waals surface area contributed by atoms with Gasteiger partial charge in [-0.25, -0.2) is 0 Å². The molecule has 0 atom stereocenters. The number of anilines is 1. The molecule has 2 aromatic rings. The van der Waals surface area contributed by atoms with Crippen LogP contribution in [0, 0.1) is 0 Å². The van der Waals surface area contributed by atoms with Crippen LogP contribution in [0.2, 0.25) is 0 Å². The van der Waals surface area contributed by atoms with Crippen molar-refractivity contribution in [1.82, 2.24) is 10.3 Å². The minimum absolute atomic E-state index is 0.846. The third-order valence-corrected chi connectivity index (χ3v) is 3.45. The average Bonchev–Trinajstić information content (AvgIpc) is 2.54. The molecule has 0 fully saturated rings. The summed E-state index contributed by atoms with van der Waals surface area (Å²) in [5.41, 5.74) is 3.48. The molecule has 1 aromatic carbocycles. The second kappa shape index (κ2) is 8.42. The Bertz CT molecular complexity index is 525. The van der Waals surface area contributed by atoms with Crippen LogP contribution >= 0.6 is 0 Å². The molecule has 1 N–H and O–H groups in total. The fourth-order valence-corrected chi connectivity index (χ4v) is 2.33. The van der Waals surface area contributed by atoms with Crippen LogP contribution in [0.25, 0.3) is 0 Å². The first-order valence-electron chi connectivity index (χ1n) is 7.79. The lowest BCUT2D eigenvalue weighted by atomic mass is 10.2. The molecule has 0 saturated carbocycles. The highest BCUT2D eigenvalue weighted by atomic mass is 15.1. The number of pyridine rings is 1. The molecule has 0 radical (unpaired) electrons. The van der Waals surface area contributed by atoms with Crippen LogP contribution in [0.3, 0.4) is 0 Å². The van der Waals surface area contributed by atoms with Gasteiger partial charge < -0.3 is 10.2 Å². The van der Waals surface area contributed by atoms with Crippen LogP contribution in [0.1, 0.15) is 31.7 Å². The van der Waals surface area contributed by atoms with E-state index in [0.29, 0.717) is 0 Å². The molecule has 112 valence electrons. The first-order valence-corrected chi connectivity index (χ1v) is 7.79. The maximum Gasteiger partial charge on any atom is 0.0602 e. The highest BCUT2D eigenvalue weighted by Crippen LogP contribution is 2.15. The molecule has 0 amide bonds. The van der Waals surface area contributed by atoms with Crippen LogP contribution in [0.15, 0.2) is 48.5 Å². The Morgan fingerprint density at radius 3 is 2.43 bits per heavy atom. The SMILES string of the molecule is CCCNCc1cccc(CN(CC)c2ccccc2)n1. The van der Waals surface area contributed by atoms with E-state index in [1.54, 1.807) is 0 Å². The van der Waals surface area contributed by atoms with Gasteiger partial charge in [-0.15, -0.1) is 0 Å². The minimum Gasteiger partial charge on any atom is -0.366 e. The molecule has 0 bridgehead atoms. The van der Waals surface area contributed by atoms with Gasteiger partial charge >= 0.3 is 0 Å². The first-order chi connectivity index (χ1) is 10.3. The Balaban J connectivity index is 2.02. The van der Waals surface area contributed by atoms with Gasteiger partial charge in [-0.3, -0.25) is 4.98 Å². The van der Waals surface area contributed by atoms with Gasteiger partial charge in [0.15, 0.2) is 0 Å². The molecule has 0 saturated heterocycles. The lowest BCUT2D eigenvalue weighted by Gasteiger charge is -2.22. The van der Waals surface area contributed by atoms with E-state index >= 15 is 0 Å². The number of nitrogens with zero attached hydrogens (tertiary/aromatic N) is 2. The first kappa shape index (κ1) is 15.5. The molecular weight excluding hydrogens is 258 g/mol. The number of hydrogen-bond donors (Lipinski definition) is 1. The zero-order chi connectivity index (χ0) is 14.9. The molecule has 3 heteroatoms. The molecule has 0 unspecified atom stereocenters. The van der Waals surface area contributed by atoms with E-state index in [1.165, 1.54) is 5.69 Å². The van der Waals surface area contributed by atoms with Gasteiger partial charge in [-0.1, -0.05) is 31.2 Å². The van der Waals surface area contributed by atoms with Gasteiger partial charge in [0.2, 0.25) is 0 Å². The standard InChI is InChI=1S/C18H25N3/c1-3-13-19-14-16-9-8-10-17(20-16)15-21(4-2)18-11-6-5-7-12-18/h5-12,19H,3-4,13-15H2,1-2H3. The monoisotopic (exact) mass is 283 g/mol. The predicted octanol–water partition coefficient (Wildman–Crippen LogP) is 3.61. The van der Waals surface area contributed by atoms with Gasteiger partial charge in [-0.2, -0.15) is 0 Å². The average molecular weight is 283 g/mol. The Morgan fingerprint density at radius 1 is 0.952 bits per heavy atom. The topological polar surface area (TPSA) is 28.2 Å². The highest BCUT2D eigenvalue weighted by Gasteiger charge is 2.06. The molecule has 21 heavy (non-hydrogen) atoms. The third-order valence-electron chi connectivity index (χ3n) is 3.45. The number of nitrogens with one attached hydrogen (secondary N) is 1. The normalized spacial score (nSPS) is 10.6. The maximum atomic E-state index is 4.75. The van der Waals surface area contributed by atoms with Crippen LogP contribution in [0.4, 0.5) is 5.69 Å². The van der Waals surface area contributed by atoms with Crippen LogP contribution in [-0.2, 0) is 13.1 Å². The van der Waals surface area contributed by atoms with Gasteiger partial charge in [0, 0.05) is 18.8 Å². The smallest absolute Gasteiger partial charge is 0.0602 e. The second-order valence-electron chi connectivity index (χ2n) is 5.15. The summed E-state index contributed by atoms with van der Waals surface area (Å²) in [6, 6.07) is 16.8. The quantitative estimate of drug-likeness (QED) is 0.750. The minimum atomic E-state index is 0.846. The zero-order valence-electron chi connectivity index (χ0n) is 13.0. The summed E-state index contributed by atoms with van der Waals surface area (Å²) in [6.45, 7) is 8.07. The number of rotatable bonds is 8. The van der Waals surface area contributed by atoms with Crippen molar-refractivity contribution in [3.8, 4) is 0 Å². The van der Waals surface area contributed by atoms with Crippen molar-refractivity contribution in [2.24, 2.45) is 0 Å². The summed E-state index contributed by atoms with van der Waals surface area (Å²) < 4.78 is 0. The lowest BCUT2D eigenvalue weighted by molar-refractivity contribution is 0.660. The zero-order valence-corrected chi connectivity index (χ0v) is 13.0. The van der Waals surface area contributed by atoms with E-state index in [9.17, 15) is 0 Å². The van der Waals surface area contributed by atoms with E-state index in [4.69, 9.17) is 4.98 Å². The summed E-state index contributed by atoms with van der Waals surface area (Å²) >= 11 is 0. The van der Waals surface area contributed by atoms with E-state index in [-0.39, 0.29) is 0 Å². The molecule has 3 nitrogen and oxygen atoms in total. The van der Waals surface area contributed by atoms with E-state index < -0.39 is 0 Å². The van der Waals surface area contributed by atoms with Crippen molar-refractivity contribution in [1.29, 1.82) is 0 Å². The molecule has 0 aliphatic heterocycles. The van der Waals surface area contributed by atoms with Crippen molar-refractivity contribution in [3.63, 3.8) is 0 Å². The Kier molecular flexibility index (Phi) is 6.22. The maximum absolute atomic E-state index is 4.75. The highest BCUT2D eigenvalue weighted by molar-refractivity contribution is 5.46. The van der Waals surface area contributed by atoms with Crippen LogP contribution in [-0.4, -0.2) is 18.1 Å². The van der Waals surface area contributed by atoms with E-state index in [1.807, 2.05) is 0 Å². The number of para-hydroxylation sites is 1. The molecule has 0 aliphatic carbocycles. The Morgan fingerprint density at radius 2 is 1.71 bits per heavy atom. The largest absolute Gasteiger partial charge is 0.366 e. The van der Waals surface area contributed by atoms with Gasteiger partial charge in [-0.05, 0) is 44.2 Å². The Hall–Kier alpha value is -1.87. The summed E-state index contributed by atoms with van der Waals surface area (Å²) in [6.07, 6.45) is 1.15. The van der Waals surface area contributed by atoms with Crippen molar-refractivity contribution in [2.45, 2.75) is 33.4 Å². The predicted molar refractivity (Wildman–Crippen MR) is 89.4 cm³/mol. The van der Waals surface area contributed by atoms with E-state index in [0.717, 1.165) is 44.0 Å². The summed E-state index contributed by atoms with van der Waals surface area (Å²) in [5.74, 6) is 0. The number of aromatic nitrogens is 1.